The maximum absolute atomic E-state index is 11.4. The van der Waals surface area contributed by atoms with Gasteiger partial charge in [0.25, 0.3) is 0 Å². The molecule has 1 aromatic carbocycles. The van der Waals surface area contributed by atoms with E-state index in [-0.39, 0.29) is 0 Å². The molecule has 0 spiro atoms. The zero-order chi connectivity index (χ0) is 12.2. The lowest BCUT2D eigenvalue weighted by molar-refractivity contribution is -0.236. The predicted octanol–water partition coefficient (Wildman–Crippen LogP) is 2.34. The molecule has 88 valence electrons. The minimum Gasteiger partial charge on any atom is -0.293 e. The van der Waals surface area contributed by atoms with Crippen molar-refractivity contribution < 1.29 is 14.6 Å². The van der Waals surface area contributed by atoms with E-state index in [0.717, 1.165) is 0 Å². The van der Waals surface area contributed by atoms with Gasteiger partial charge in [0.1, 0.15) is 0 Å². The van der Waals surface area contributed by atoms with Crippen LogP contribution < -0.4 is 5.19 Å². The van der Waals surface area contributed by atoms with Crippen LogP contribution in [-0.4, -0.2) is 20.7 Å². The molecule has 16 heavy (non-hydrogen) atoms. The van der Waals surface area contributed by atoms with Gasteiger partial charge in [-0.2, -0.15) is 4.89 Å². The molecule has 0 aromatic heterocycles. The van der Waals surface area contributed by atoms with Crippen LogP contribution in [0.15, 0.2) is 24.3 Å². The van der Waals surface area contributed by atoms with Gasteiger partial charge in [-0.3, -0.25) is 4.89 Å². The van der Waals surface area contributed by atoms with E-state index in [1.54, 1.807) is 19.1 Å². The Bertz CT molecular complexity index is 352. The van der Waals surface area contributed by atoms with E-state index >= 15 is 0 Å². The fraction of sp³-hybridized carbons (Fsp3) is 0.417. The molecule has 0 aliphatic heterocycles. The van der Waals surface area contributed by atoms with E-state index in [9.17, 15) is 4.79 Å². The highest BCUT2D eigenvalue weighted by molar-refractivity contribution is 6.88. The first kappa shape index (κ1) is 12.9. The smallest absolute Gasteiger partial charge is 0.293 e. The van der Waals surface area contributed by atoms with Gasteiger partial charge in [0.2, 0.25) is 0 Å². The van der Waals surface area contributed by atoms with Crippen molar-refractivity contribution in [3.05, 3.63) is 29.8 Å². The van der Waals surface area contributed by atoms with Crippen molar-refractivity contribution in [3.8, 4) is 0 Å². The van der Waals surface area contributed by atoms with Crippen LogP contribution in [0.3, 0.4) is 0 Å². The van der Waals surface area contributed by atoms with Gasteiger partial charge >= 0.3 is 5.97 Å². The van der Waals surface area contributed by atoms with Gasteiger partial charge in [-0.05, 0) is 19.1 Å². The van der Waals surface area contributed by atoms with Crippen molar-refractivity contribution >= 4 is 19.2 Å². The monoisotopic (exact) mass is 238 g/mol. The van der Waals surface area contributed by atoms with Crippen molar-refractivity contribution in [2.24, 2.45) is 0 Å². The summed E-state index contributed by atoms with van der Waals surface area (Å²) in [6, 6.07) is 7.56. The van der Waals surface area contributed by atoms with Crippen LogP contribution in [0.1, 0.15) is 17.3 Å². The number of carbonyl (C=O) groups is 1. The first-order valence-electron chi connectivity index (χ1n) is 5.39. The third-order valence-electron chi connectivity index (χ3n) is 2.24. The minimum atomic E-state index is -1.30. The minimum absolute atomic E-state index is 0.360. The zero-order valence-electron chi connectivity index (χ0n) is 10.2. The van der Waals surface area contributed by atoms with Gasteiger partial charge in [-0.1, -0.05) is 37.0 Å². The van der Waals surface area contributed by atoms with Gasteiger partial charge in [-0.25, -0.2) is 4.79 Å². The summed E-state index contributed by atoms with van der Waals surface area (Å²) in [4.78, 5) is 20.6. The normalized spacial score (nSPS) is 11.2. The molecule has 1 rings (SSSR count). The maximum Gasteiger partial charge on any atom is 0.373 e. The second-order valence-electron chi connectivity index (χ2n) is 4.60. The number of hydrogen-bond acceptors (Lipinski definition) is 3. The summed E-state index contributed by atoms with van der Waals surface area (Å²) < 4.78 is 0. The summed E-state index contributed by atoms with van der Waals surface area (Å²) in [6.07, 6.45) is 0. The standard InChI is InChI=1S/C12H18O3Si/c1-5-14-15-12(13)10-6-8-11(9-7-10)16(2,3)4/h6-9H,5H2,1-4H3. The Morgan fingerprint density at radius 2 is 1.75 bits per heavy atom. The molecule has 0 amide bonds. The molecule has 0 atom stereocenters. The van der Waals surface area contributed by atoms with Gasteiger partial charge in [-0.15, -0.1) is 0 Å². The Morgan fingerprint density at radius 1 is 1.19 bits per heavy atom. The molecule has 0 saturated carbocycles. The van der Waals surface area contributed by atoms with Crippen molar-refractivity contribution in [1.82, 2.24) is 0 Å². The van der Waals surface area contributed by atoms with E-state index in [1.807, 2.05) is 12.1 Å². The van der Waals surface area contributed by atoms with Crippen LogP contribution in [-0.2, 0) is 9.78 Å². The Kier molecular flexibility index (Phi) is 4.26. The molecule has 0 unspecified atom stereocenters. The molecule has 0 bridgehead atoms. The fourth-order valence-corrected chi connectivity index (χ4v) is 2.43. The summed E-state index contributed by atoms with van der Waals surface area (Å²) in [6.45, 7) is 8.92. The van der Waals surface area contributed by atoms with Crippen LogP contribution in [0.2, 0.25) is 19.6 Å². The van der Waals surface area contributed by atoms with Crippen LogP contribution in [0.4, 0.5) is 0 Å². The lowest BCUT2D eigenvalue weighted by Crippen LogP contribution is -2.37. The van der Waals surface area contributed by atoms with Crippen LogP contribution in [0.5, 0.6) is 0 Å². The summed E-state index contributed by atoms with van der Waals surface area (Å²) in [7, 11) is -1.30. The highest BCUT2D eigenvalue weighted by Gasteiger charge is 2.17. The highest BCUT2D eigenvalue weighted by Crippen LogP contribution is 2.06. The van der Waals surface area contributed by atoms with Crippen LogP contribution in [0.25, 0.3) is 0 Å². The van der Waals surface area contributed by atoms with Gasteiger partial charge in [0.05, 0.1) is 20.2 Å². The number of benzene rings is 1. The SMILES string of the molecule is CCOOC(=O)c1ccc([Si](C)(C)C)cc1. The topological polar surface area (TPSA) is 35.5 Å². The predicted molar refractivity (Wildman–Crippen MR) is 66.5 cm³/mol. The molecular weight excluding hydrogens is 220 g/mol. The lowest BCUT2D eigenvalue weighted by Gasteiger charge is -2.16. The molecule has 0 radical (unpaired) electrons. The second kappa shape index (κ2) is 5.27. The average molecular weight is 238 g/mol. The van der Waals surface area contributed by atoms with Crippen LogP contribution >= 0.6 is 0 Å². The zero-order valence-corrected chi connectivity index (χ0v) is 11.2. The first-order valence-corrected chi connectivity index (χ1v) is 8.89. The molecule has 1 aromatic rings. The van der Waals surface area contributed by atoms with E-state index < -0.39 is 14.0 Å². The largest absolute Gasteiger partial charge is 0.373 e. The van der Waals surface area contributed by atoms with Crippen molar-refractivity contribution in [3.63, 3.8) is 0 Å². The summed E-state index contributed by atoms with van der Waals surface area (Å²) in [5.41, 5.74) is 0.524. The summed E-state index contributed by atoms with van der Waals surface area (Å²) in [5.74, 6) is -0.441. The first-order chi connectivity index (χ1) is 7.45. The molecule has 0 fully saturated rings. The van der Waals surface area contributed by atoms with Gasteiger partial charge < -0.3 is 0 Å². The van der Waals surface area contributed by atoms with E-state index in [1.165, 1.54) is 5.19 Å². The number of hydrogen-bond donors (Lipinski definition) is 0. The quantitative estimate of drug-likeness (QED) is 0.459. The summed E-state index contributed by atoms with van der Waals surface area (Å²) >= 11 is 0. The molecular formula is C12H18O3Si. The maximum atomic E-state index is 11.4. The fourth-order valence-electron chi connectivity index (χ4n) is 1.27. The Morgan fingerprint density at radius 3 is 2.19 bits per heavy atom. The van der Waals surface area contributed by atoms with Gasteiger partial charge in [0, 0.05) is 0 Å². The Hall–Kier alpha value is -1.13. The van der Waals surface area contributed by atoms with Crippen molar-refractivity contribution in [2.45, 2.75) is 26.6 Å². The molecule has 0 aliphatic rings. The second-order valence-corrected chi connectivity index (χ2v) is 9.68. The number of carbonyl (C=O) groups excluding carboxylic acids is 1. The number of rotatable bonds is 4. The molecule has 4 heteroatoms. The third kappa shape index (κ3) is 3.47. The Balaban J connectivity index is 2.75. The van der Waals surface area contributed by atoms with E-state index in [0.29, 0.717) is 12.2 Å². The van der Waals surface area contributed by atoms with Gasteiger partial charge in [0.15, 0.2) is 0 Å². The average Bonchev–Trinajstić information content (AvgIpc) is 2.25. The molecule has 0 heterocycles. The lowest BCUT2D eigenvalue weighted by atomic mass is 10.2. The molecule has 0 aliphatic carbocycles. The van der Waals surface area contributed by atoms with Crippen molar-refractivity contribution in [2.75, 3.05) is 6.61 Å². The third-order valence-corrected chi connectivity index (χ3v) is 4.30. The molecule has 0 saturated heterocycles. The van der Waals surface area contributed by atoms with E-state index in [2.05, 4.69) is 29.4 Å². The Labute approximate surface area is 97.3 Å². The van der Waals surface area contributed by atoms with Crippen LogP contribution in [0, 0.1) is 0 Å². The van der Waals surface area contributed by atoms with E-state index in [4.69, 9.17) is 0 Å². The molecule has 0 N–H and O–H groups in total. The molecule has 3 nitrogen and oxygen atoms in total. The summed E-state index contributed by atoms with van der Waals surface area (Å²) in [5, 5.41) is 1.32. The van der Waals surface area contributed by atoms with Crippen molar-refractivity contribution in [1.29, 1.82) is 0 Å². The highest BCUT2D eigenvalue weighted by atomic mass is 28.3.